The Labute approximate surface area is 208 Å². The van der Waals surface area contributed by atoms with Crippen LogP contribution in [-0.2, 0) is 16.1 Å². The molecule has 0 saturated heterocycles. The van der Waals surface area contributed by atoms with E-state index in [4.69, 9.17) is 4.74 Å². The largest absolute Gasteiger partial charge is 0.384 e. The number of benzene rings is 1. The van der Waals surface area contributed by atoms with Gasteiger partial charge in [0, 0.05) is 13.0 Å². The van der Waals surface area contributed by atoms with E-state index in [1.54, 1.807) is 12.1 Å². The van der Waals surface area contributed by atoms with Crippen molar-refractivity contribution in [2.75, 3.05) is 13.7 Å². The number of rotatable bonds is 5. The second-order valence-electron chi connectivity index (χ2n) is 12.7. The van der Waals surface area contributed by atoms with Gasteiger partial charge in [-0.25, -0.2) is 9.07 Å². The number of hydrogen-bond donors (Lipinski definition) is 0. The second-order valence-corrected chi connectivity index (χ2v) is 12.7. The van der Waals surface area contributed by atoms with Gasteiger partial charge in [0.2, 0.25) is 0 Å². The highest BCUT2D eigenvalue weighted by Gasteiger charge is 2.62. The van der Waals surface area contributed by atoms with E-state index >= 15 is 0 Å². The lowest BCUT2D eigenvalue weighted by molar-refractivity contribution is -0.154. The first-order valence-corrected chi connectivity index (χ1v) is 13.9. The number of ketones is 1. The Hall–Kier alpha value is -1.82. The monoisotopic (exact) mass is 481 g/mol. The smallest absolute Gasteiger partial charge is 0.157 e. The highest BCUT2D eigenvalue weighted by molar-refractivity contribution is 5.84. The van der Waals surface area contributed by atoms with Gasteiger partial charge in [-0.05, 0) is 104 Å². The van der Waals surface area contributed by atoms with Gasteiger partial charge in [-0.3, -0.25) is 4.79 Å². The van der Waals surface area contributed by atoms with Crippen molar-refractivity contribution in [3.8, 4) is 0 Å². The molecule has 4 aliphatic carbocycles. The number of ether oxygens (including phenoxy) is 1. The normalized spacial score (nSPS) is 40.8. The van der Waals surface area contributed by atoms with Crippen LogP contribution in [0.3, 0.4) is 0 Å². The number of aromatic nitrogens is 3. The highest BCUT2D eigenvalue weighted by Crippen LogP contribution is 2.68. The molecule has 0 bridgehead atoms. The lowest BCUT2D eigenvalue weighted by atomic mass is 9.44. The number of hydrogen-bond acceptors (Lipinski definition) is 4. The number of halogens is 1. The van der Waals surface area contributed by atoms with Gasteiger partial charge < -0.3 is 4.74 Å². The zero-order valence-corrected chi connectivity index (χ0v) is 21.5. The molecule has 6 rings (SSSR count). The molecular formula is C29H40FN3O2. The molecule has 1 aromatic carbocycles. The lowest BCUT2D eigenvalue weighted by Crippen LogP contribution is -2.56. The fraction of sp³-hybridized carbons (Fsp3) is 0.759. The number of Topliss-reactive ketones (excluding diaryl/α,β-unsaturated/α-hetero) is 1. The average molecular weight is 482 g/mol. The van der Waals surface area contributed by atoms with Gasteiger partial charge >= 0.3 is 0 Å². The van der Waals surface area contributed by atoms with Crippen molar-refractivity contribution in [2.24, 2.45) is 46.3 Å². The SMILES string of the molecule is COCC12CCC(C)CC1CCC1C3CCC(C(=O)Cn4nnc5cccc(F)c54)C3(C)CCC12. The van der Waals surface area contributed by atoms with Gasteiger partial charge in [0.25, 0.3) is 0 Å². The van der Waals surface area contributed by atoms with E-state index in [-0.39, 0.29) is 29.5 Å². The number of methoxy groups -OCH3 is 1. The molecule has 1 aromatic heterocycles. The van der Waals surface area contributed by atoms with Crippen molar-refractivity contribution >= 4 is 16.8 Å². The van der Waals surface area contributed by atoms with Gasteiger partial charge in [0.15, 0.2) is 11.6 Å². The molecule has 8 atom stereocenters. The average Bonchev–Trinajstić information content (AvgIpc) is 3.41. The lowest BCUT2D eigenvalue weighted by Gasteiger charge is -2.61. The van der Waals surface area contributed by atoms with Crippen molar-refractivity contribution in [1.82, 2.24) is 15.0 Å². The zero-order valence-electron chi connectivity index (χ0n) is 21.5. The standard InChI is InChI=1S/C29H40FN3O2/c1-18-11-14-29(17-35-3)19(15-18)7-8-20-21-9-10-23(28(21,2)13-12-22(20)29)26(34)16-33-27-24(30)5-4-6-25(27)31-32-33/h4-6,18-23H,7-17H2,1-3H3. The molecule has 0 amide bonds. The Morgan fingerprint density at radius 2 is 2.00 bits per heavy atom. The van der Waals surface area contributed by atoms with Gasteiger partial charge in [-0.15, -0.1) is 5.10 Å². The molecule has 1 heterocycles. The Morgan fingerprint density at radius 1 is 1.14 bits per heavy atom. The maximum absolute atomic E-state index is 14.5. The number of carbonyl (C=O) groups is 1. The maximum atomic E-state index is 14.5. The van der Waals surface area contributed by atoms with Crippen LogP contribution in [0.25, 0.3) is 11.0 Å². The quantitative estimate of drug-likeness (QED) is 0.521. The molecule has 0 radical (unpaired) electrons. The van der Waals surface area contributed by atoms with E-state index in [0.29, 0.717) is 28.3 Å². The minimum Gasteiger partial charge on any atom is -0.384 e. The van der Waals surface area contributed by atoms with Gasteiger partial charge in [0.05, 0.1) is 6.61 Å². The number of nitrogens with zero attached hydrogens (tertiary/aromatic N) is 3. The summed E-state index contributed by atoms with van der Waals surface area (Å²) in [4.78, 5) is 13.7. The summed E-state index contributed by atoms with van der Waals surface area (Å²) in [5.41, 5.74) is 1.23. The molecule has 6 heteroatoms. The minimum atomic E-state index is -0.363. The summed E-state index contributed by atoms with van der Waals surface area (Å²) < 4.78 is 21.9. The van der Waals surface area contributed by atoms with Crippen molar-refractivity contribution in [1.29, 1.82) is 0 Å². The first-order valence-electron chi connectivity index (χ1n) is 13.9. The fourth-order valence-electron chi connectivity index (χ4n) is 9.70. The molecule has 0 spiro atoms. The molecule has 0 aliphatic heterocycles. The van der Waals surface area contributed by atoms with Crippen molar-refractivity contribution in [3.63, 3.8) is 0 Å². The number of carbonyl (C=O) groups excluding carboxylic acids is 1. The Balaban J connectivity index is 1.24. The molecule has 35 heavy (non-hydrogen) atoms. The molecule has 8 unspecified atom stereocenters. The zero-order chi connectivity index (χ0) is 24.4. The first-order chi connectivity index (χ1) is 16.9. The summed E-state index contributed by atoms with van der Waals surface area (Å²) in [7, 11) is 1.89. The molecular weight excluding hydrogens is 441 g/mol. The summed E-state index contributed by atoms with van der Waals surface area (Å²) >= 11 is 0. The van der Waals surface area contributed by atoms with Gasteiger partial charge in [-0.1, -0.05) is 31.5 Å². The third-order valence-electron chi connectivity index (χ3n) is 11.2. The molecule has 0 N–H and O–H groups in total. The molecule has 4 fully saturated rings. The van der Waals surface area contributed by atoms with Crippen molar-refractivity contribution < 1.29 is 13.9 Å². The van der Waals surface area contributed by atoms with Crippen molar-refractivity contribution in [2.45, 2.75) is 78.2 Å². The third-order valence-corrected chi connectivity index (χ3v) is 11.2. The van der Waals surface area contributed by atoms with Gasteiger partial charge in [0.1, 0.15) is 17.6 Å². The highest BCUT2D eigenvalue weighted by atomic mass is 19.1. The van der Waals surface area contributed by atoms with E-state index in [0.717, 1.165) is 43.6 Å². The van der Waals surface area contributed by atoms with Crippen LogP contribution in [0.1, 0.15) is 71.6 Å². The van der Waals surface area contributed by atoms with E-state index in [1.807, 2.05) is 7.11 Å². The Bertz CT molecular complexity index is 1120. The Kier molecular flexibility index (Phi) is 5.82. The van der Waals surface area contributed by atoms with E-state index in [9.17, 15) is 9.18 Å². The summed E-state index contributed by atoms with van der Waals surface area (Å²) in [5.74, 6) is 3.54. The summed E-state index contributed by atoms with van der Waals surface area (Å²) in [5, 5.41) is 8.22. The third kappa shape index (κ3) is 3.53. The molecule has 190 valence electrons. The molecule has 4 saturated carbocycles. The van der Waals surface area contributed by atoms with Crippen LogP contribution in [0.5, 0.6) is 0 Å². The van der Waals surface area contributed by atoms with Crippen molar-refractivity contribution in [3.05, 3.63) is 24.0 Å². The van der Waals surface area contributed by atoms with E-state index < -0.39 is 0 Å². The first kappa shape index (κ1) is 23.6. The summed E-state index contributed by atoms with van der Waals surface area (Å²) in [6, 6.07) is 4.80. The van der Waals surface area contributed by atoms with E-state index in [2.05, 4.69) is 24.2 Å². The maximum Gasteiger partial charge on any atom is 0.157 e. The molecule has 2 aromatic rings. The van der Waals surface area contributed by atoms with E-state index in [1.165, 1.54) is 49.3 Å². The van der Waals surface area contributed by atoms with Crippen LogP contribution < -0.4 is 0 Å². The van der Waals surface area contributed by atoms with Crippen LogP contribution in [0.2, 0.25) is 0 Å². The van der Waals surface area contributed by atoms with Crippen LogP contribution in [0, 0.1) is 52.2 Å². The second kappa shape index (κ2) is 8.64. The van der Waals surface area contributed by atoms with Crippen LogP contribution in [0.4, 0.5) is 4.39 Å². The predicted molar refractivity (Wildman–Crippen MR) is 133 cm³/mol. The van der Waals surface area contributed by atoms with Gasteiger partial charge in [-0.2, -0.15) is 0 Å². The Morgan fingerprint density at radius 3 is 2.83 bits per heavy atom. The fourth-order valence-corrected chi connectivity index (χ4v) is 9.70. The minimum absolute atomic E-state index is 0.0296. The topological polar surface area (TPSA) is 57.0 Å². The van der Waals surface area contributed by atoms with Crippen LogP contribution in [0.15, 0.2) is 18.2 Å². The van der Waals surface area contributed by atoms with Crippen LogP contribution in [-0.4, -0.2) is 34.5 Å². The van der Waals surface area contributed by atoms with Crippen LogP contribution >= 0.6 is 0 Å². The summed E-state index contributed by atoms with van der Waals surface area (Å²) in [6.07, 6.45) is 11.1. The predicted octanol–water partition coefficient (Wildman–Crippen LogP) is 6.06. The summed E-state index contributed by atoms with van der Waals surface area (Å²) in [6.45, 7) is 5.84. The molecule has 4 aliphatic rings. The molecule has 5 nitrogen and oxygen atoms in total. The number of para-hydroxylation sites is 1. The number of fused-ring (bicyclic) bond motifs is 6.